The van der Waals surface area contributed by atoms with Crippen molar-refractivity contribution in [2.24, 2.45) is 5.10 Å². The van der Waals surface area contributed by atoms with Crippen molar-refractivity contribution in [2.45, 2.75) is 0 Å². The highest BCUT2D eigenvalue weighted by molar-refractivity contribution is 9.10. The van der Waals surface area contributed by atoms with Crippen LogP contribution in [-0.4, -0.2) is 11.1 Å². The number of non-ortho nitro benzene ring substituents is 1. The minimum atomic E-state index is -0.480. The zero-order valence-electron chi connectivity index (χ0n) is 10.1. The van der Waals surface area contributed by atoms with E-state index >= 15 is 0 Å². The van der Waals surface area contributed by atoms with Crippen LogP contribution in [0.1, 0.15) is 5.56 Å². The van der Waals surface area contributed by atoms with Gasteiger partial charge in [0.25, 0.3) is 5.69 Å². The molecule has 0 saturated carbocycles. The number of hydrazone groups is 1. The quantitative estimate of drug-likeness (QED) is 0.522. The molecule has 102 valence electrons. The molecule has 0 amide bonds. The van der Waals surface area contributed by atoms with E-state index < -0.39 is 4.92 Å². The minimum Gasteiger partial charge on any atom is -0.278 e. The van der Waals surface area contributed by atoms with Gasteiger partial charge >= 0.3 is 0 Å². The topological polar surface area (TPSA) is 67.5 Å². The van der Waals surface area contributed by atoms with Crippen molar-refractivity contribution in [3.8, 4) is 0 Å². The predicted octanol–water partition coefficient (Wildman–Crippen LogP) is 3.94. The average molecular weight is 338 g/mol. The zero-order chi connectivity index (χ0) is 14.5. The number of nitro benzene ring substituents is 1. The van der Waals surface area contributed by atoms with Crippen LogP contribution in [0.3, 0.4) is 0 Å². The summed E-state index contributed by atoms with van der Waals surface area (Å²) >= 11 is 3.08. The molecule has 2 aromatic carbocycles. The number of hydrogen-bond acceptors (Lipinski definition) is 4. The van der Waals surface area contributed by atoms with Gasteiger partial charge in [-0.05, 0) is 39.7 Å². The van der Waals surface area contributed by atoms with Gasteiger partial charge in [0.15, 0.2) is 0 Å². The van der Waals surface area contributed by atoms with Gasteiger partial charge in [-0.2, -0.15) is 5.10 Å². The summed E-state index contributed by atoms with van der Waals surface area (Å²) in [6.07, 6.45) is 1.49. The molecule has 5 nitrogen and oxygen atoms in total. The van der Waals surface area contributed by atoms with E-state index in [0.29, 0.717) is 15.7 Å². The van der Waals surface area contributed by atoms with Gasteiger partial charge in [0.1, 0.15) is 5.82 Å². The van der Waals surface area contributed by atoms with Crippen LogP contribution in [0, 0.1) is 15.9 Å². The van der Waals surface area contributed by atoms with Crippen LogP contribution in [-0.2, 0) is 0 Å². The second-order valence-electron chi connectivity index (χ2n) is 3.85. The van der Waals surface area contributed by atoms with Crippen molar-refractivity contribution >= 4 is 33.5 Å². The Morgan fingerprint density at radius 1 is 1.30 bits per heavy atom. The summed E-state index contributed by atoms with van der Waals surface area (Å²) < 4.78 is 13.4. The normalized spacial score (nSPS) is 10.7. The van der Waals surface area contributed by atoms with Gasteiger partial charge in [-0.3, -0.25) is 15.5 Å². The molecular formula is C13H9BrFN3O2. The number of nitrogens with zero attached hydrogens (tertiary/aromatic N) is 2. The molecule has 20 heavy (non-hydrogen) atoms. The molecule has 0 aliphatic carbocycles. The second-order valence-corrected chi connectivity index (χ2v) is 4.71. The Labute approximate surface area is 122 Å². The molecule has 0 bridgehead atoms. The number of benzene rings is 2. The van der Waals surface area contributed by atoms with E-state index in [2.05, 4.69) is 26.5 Å². The molecule has 0 radical (unpaired) electrons. The number of halogens is 2. The van der Waals surface area contributed by atoms with Crippen molar-refractivity contribution in [2.75, 3.05) is 5.43 Å². The van der Waals surface area contributed by atoms with Crippen molar-refractivity contribution in [1.82, 2.24) is 0 Å². The smallest absolute Gasteiger partial charge is 0.271 e. The van der Waals surface area contributed by atoms with E-state index in [1.54, 1.807) is 24.3 Å². The average Bonchev–Trinajstić information content (AvgIpc) is 2.43. The lowest BCUT2D eigenvalue weighted by Gasteiger charge is -2.00. The predicted molar refractivity (Wildman–Crippen MR) is 78.4 cm³/mol. The Hall–Kier alpha value is -2.28. The van der Waals surface area contributed by atoms with Gasteiger partial charge in [-0.25, -0.2) is 4.39 Å². The van der Waals surface area contributed by atoms with E-state index in [9.17, 15) is 14.5 Å². The maximum Gasteiger partial charge on any atom is 0.271 e. The number of nitro groups is 1. The lowest BCUT2D eigenvalue weighted by atomic mass is 10.2. The Morgan fingerprint density at radius 2 is 2.10 bits per heavy atom. The molecule has 0 heterocycles. The van der Waals surface area contributed by atoms with E-state index in [-0.39, 0.29) is 11.5 Å². The molecular weight excluding hydrogens is 329 g/mol. The van der Waals surface area contributed by atoms with E-state index in [1.807, 2.05) is 0 Å². The van der Waals surface area contributed by atoms with E-state index in [4.69, 9.17) is 0 Å². The summed E-state index contributed by atoms with van der Waals surface area (Å²) in [4.78, 5) is 10.1. The fourth-order valence-electron chi connectivity index (χ4n) is 1.46. The Bertz CT molecular complexity index is 676. The van der Waals surface area contributed by atoms with Gasteiger partial charge in [0.2, 0.25) is 0 Å². The van der Waals surface area contributed by atoms with Crippen molar-refractivity contribution in [3.05, 3.63) is 68.4 Å². The van der Waals surface area contributed by atoms with Crippen LogP contribution in [0.4, 0.5) is 15.8 Å². The van der Waals surface area contributed by atoms with Gasteiger partial charge in [0, 0.05) is 12.1 Å². The highest BCUT2D eigenvalue weighted by Gasteiger charge is 2.04. The van der Waals surface area contributed by atoms with Crippen molar-refractivity contribution < 1.29 is 9.31 Å². The number of rotatable bonds is 4. The molecule has 0 unspecified atom stereocenters. The Kier molecular flexibility index (Phi) is 4.41. The van der Waals surface area contributed by atoms with Crippen LogP contribution < -0.4 is 5.43 Å². The first-order valence-corrected chi connectivity index (χ1v) is 6.34. The van der Waals surface area contributed by atoms with E-state index in [0.717, 1.165) is 0 Å². The molecule has 0 atom stereocenters. The van der Waals surface area contributed by atoms with Gasteiger partial charge in [-0.1, -0.05) is 12.1 Å². The molecule has 1 N–H and O–H groups in total. The number of hydrogen-bond donors (Lipinski definition) is 1. The van der Waals surface area contributed by atoms with E-state index in [1.165, 1.54) is 24.4 Å². The standard InChI is InChI=1S/C13H9BrFN3O2/c14-12-6-9(4-5-13(12)15)8-16-17-10-2-1-3-11(7-10)18(19)20/h1-8,17H/b16-8-. The van der Waals surface area contributed by atoms with Gasteiger partial charge < -0.3 is 0 Å². The van der Waals surface area contributed by atoms with Crippen LogP contribution >= 0.6 is 15.9 Å². The Morgan fingerprint density at radius 3 is 2.80 bits per heavy atom. The fourth-order valence-corrected chi connectivity index (χ4v) is 1.86. The number of anilines is 1. The molecule has 0 aliphatic heterocycles. The molecule has 7 heteroatoms. The number of nitrogens with one attached hydrogen (secondary N) is 1. The second kappa shape index (κ2) is 6.25. The summed E-state index contributed by atoms with van der Waals surface area (Å²) in [7, 11) is 0. The summed E-state index contributed by atoms with van der Waals surface area (Å²) in [5.74, 6) is -0.353. The highest BCUT2D eigenvalue weighted by Crippen LogP contribution is 2.17. The summed E-state index contributed by atoms with van der Waals surface area (Å²) in [6.45, 7) is 0. The molecule has 0 saturated heterocycles. The summed E-state index contributed by atoms with van der Waals surface area (Å²) in [5.41, 5.74) is 3.85. The first kappa shape index (κ1) is 14.1. The van der Waals surface area contributed by atoms with Gasteiger partial charge in [0.05, 0.1) is 21.3 Å². The van der Waals surface area contributed by atoms with Gasteiger partial charge in [-0.15, -0.1) is 0 Å². The summed E-state index contributed by atoms with van der Waals surface area (Å²) in [6, 6.07) is 10.4. The molecule has 0 aromatic heterocycles. The SMILES string of the molecule is O=[N+]([O-])c1cccc(N/N=C\c2ccc(F)c(Br)c2)c1. The first-order chi connectivity index (χ1) is 9.56. The highest BCUT2D eigenvalue weighted by atomic mass is 79.9. The summed E-state index contributed by atoms with van der Waals surface area (Å²) in [5, 5.41) is 14.6. The van der Waals surface area contributed by atoms with Crippen LogP contribution in [0.15, 0.2) is 52.0 Å². The lowest BCUT2D eigenvalue weighted by molar-refractivity contribution is -0.384. The minimum absolute atomic E-state index is 0.0188. The third-order valence-corrected chi connectivity index (χ3v) is 3.02. The van der Waals surface area contributed by atoms with Crippen molar-refractivity contribution in [3.63, 3.8) is 0 Å². The fraction of sp³-hybridized carbons (Fsp3) is 0. The molecule has 2 aromatic rings. The van der Waals surface area contributed by atoms with Crippen molar-refractivity contribution in [1.29, 1.82) is 0 Å². The molecule has 0 aliphatic rings. The monoisotopic (exact) mass is 337 g/mol. The van der Waals surface area contributed by atoms with Crippen LogP contribution in [0.25, 0.3) is 0 Å². The zero-order valence-corrected chi connectivity index (χ0v) is 11.7. The first-order valence-electron chi connectivity index (χ1n) is 5.55. The van der Waals surface area contributed by atoms with Crippen LogP contribution in [0.5, 0.6) is 0 Å². The third kappa shape index (κ3) is 3.61. The van der Waals surface area contributed by atoms with Crippen LogP contribution in [0.2, 0.25) is 0 Å². The lowest BCUT2D eigenvalue weighted by Crippen LogP contribution is -1.93. The largest absolute Gasteiger partial charge is 0.278 e. The maximum absolute atomic E-state index is 13.0. The molecule has 0 fully saturated rings. The third-order valence-electron chi connectivity index (χ3n) is 2.41. The molecule has 2 rings (SSSR count). The maximum atomic E-state index is 13.0. The Balaban J connectivity index is 2.07. The molecule has 0 spiro atoms.